The number of ether oxygens (including phenoxy) is 1. The van der Waals surface area contributed by atoms with Crippen molar-refractivity contribution in [3.63, 3.8) is 0 Å². The van der Waals surface area contributed by atoms with Crippen LogP contribution in [0.15, 0.2) is 48.5 Å². The van der Waals surface area contributed by atoms with Crippen molar-refractivity contribution in [1.29, 1.82) is 5.26 Å². The second-order valence-electron chi connectivity index (χ2n) is 7.98. The Bertz CT molecular complexity index is 1300. The molecule has 3 aromatic rings. The number of hydrogen-bond acceptors (Lipinski definition) is 7. The lowest BCUT2D eigenvalue weighted by Crippen LogP contribution is -2.40. The van der Waals surface area contributed by atoms with E-state index in [1.807, 2.05) is 0 Å². The van der Waals surface area contributed by atoms with Gasteiger partial charge in [-0.1, -0.05) is 17.4 Å². The molecule has 0 spiro atoms. The third-order valence-corrected chi connectivity index (χ3v) is 6.69. The minimum absolute atomic E-state index is 0.244. The molecule has 2 heterocycles. The lowest BCUT2D eigenvalue weighted by molar-refractivity contribution is -0.143. The highest BCUT2D eigenvalue weighted by molar-refractivity contribution is 7.16. The molecule has 1 saturated heterocycles. The Hall–Kier alpha value is -4.23. The number of likely N-dealkylation sites (tertiary alicyclic amines) is 1. The van der Waals surface area contributed by atoms with E-state index in [9.17, 15) is 19.6 Å². The van der Waals surface area contributed by atoms with E-state index in [2.05, 4.69) is 16.4 Å². The molecule has 0 aliphatic carbocycles. The van der Waals surface area contributed by atoms with E-state index < -0.39 is 17.8 Å². The molecule has 178 valence electrons. The first-order chi connectivity index (χ1) is 16.9. The van der Waals surface area contributed by atoms with Crippen LogP contribution in [0, 0.1) is 17.2 Å². The van der Waals surface area contributed by atoms with Crippen LogP contribution in [0.1, 0.15) is 38.4 Å². The molecule has 2 N–H and O–H groups in total. The number of benzene rings is 2. The van der Waals surface area contributed by atoms with Crippen LogP contribution in [-0.4, -0.2) is 53.0 Å². The van der Waals surface area contributed by atoms with E-state index in [4.69, 9.17) is 9.84 Å². The van der Waals surface area contributed by atoms with Gasteiger partial charge in [-0.2, -0.15) is 5.26 Å². The van der Waals surface area contributed by atoms with Gasteiger partial charge in [0.25, 0.3) is 11.8 Å². The Balaban J connectivity index is 1.47. The summed E-state index contributed by atoms with van der Waals surface area (Å²) in [5, 5.41) is 21.6. The summed E-state index contributed by atoms with van der Waals surface area (Å²) in [4.78, 5) is 43.3. The van der Waals surface area contributed by atoms with Crippen LogP contribution in [0.25, 0.3) is 11.3 Å². The van der Waals surface area contributed by atoms with Crippen LogP contribution >= 0.6 is 11.3 Å². The number of aliphatic carboxylic acids is 1. The third-order valence-electron chi connectivity index (χ3n) is 5.82. The van der Waals surface area contributed by atoms with Gasteiger partial charge >= 0.3 is 5.97 Å². The van der Waals surface area contributed by atoms with E-state index in [1.165, 1.54) is 6.07 Å². The molecule has 1 aliphatic heterocycles. The molecule has 2 amide bonds. The van der Waals surface area contributed by atoms with E-state index >= 15 is 0 Å². The van der Waals surface area contributed by atoms with Crippen LogP contribution in [0.5, 0.6) is 5.75 Å². The van der Waals surface area contributed by atoms with E-state index in [0.29, 0.717) is 47.8 Å². The largest absolute Gasteiger partial charge is 0.497 e. The molecule has 0 bridgehead atoms. The molecule has 10 heteroatoms. The molecule has 0 unspecified atom stereocenters. The lowest BCUT2D eigenvalue weighted by Gasteiger charge is -2.30. The molecule has 2 aromatic carbocycles. The zero-order valence-corrected chi connectivity index (χ0v) is 19.7. The van der Waals surface area contributed by atoms with Crippen LogP contribution < -0.4 is 10.1 Å². The number of hydrogen-bond donors (Lipinski definition) is 2. The molecule has 9 nitrogen and oxygen atoms in total. The number of aromatic nitrogens is 1. The first kappa shape index (κ1) is 23.9. The minimum atomic E-state index is -0.840. The topological polar surface area (TPSA) is 133 Å². The van der Waals surface area contributed by atoms with Gasteiger partial charge in [0, 0.05) is 29.8 Å². The van der Waals surface area contributed by atoms with Crippen LogP contribution in [0.4, 0.5) is 5.13 Å². The number of methoxy groups -OCH3 is 1. The van der Waals surface area contributed by atoms with Gasteiger partial charge in [0.05, 0.1) is 13.0 Å². The predicted molar refractivity (Wildman–Crippen MR) is 129 cm³/mol. The van der Waals surface area contributed by atoms with Gasteiger partial charge in [0.1, 0.15) is 22.4 Å². The quantitative estimate of drug-likeness (QED) is 0.536. The SMILES string of the molecule is COc1ccc(-c2nc(NC(=O)c3cccc(C(=O)N4CCC(C(=O)O)CC4)c3)sc2C#N)cc1. The lowest BCUT2D eigenvalue weighted by atomic mass is 9.96. The first-order valence-electron chi connectivity index (χ1n) is 10.9. The Morgan fingerprint density at radius 3 is 2.46 bits per heavy atom. The fourth-order valence-electron chi connectivity index (χ4n) is 3.87. The highest BCUT2D eigenvalue weighted by Gasteiger charge is 2.27. The molecule has 0 saturated carbocycles. The number of amides is 2. The van der Waals surface area contributed by atoms with Crippen molar-refractivity contribution in [3.05, 3.63) is 64.5 Å². The summed E-state index contributed by atoms with van der Waals surface area (Å²) in [6.07, 6.45) is 0.812. The Kier molecular flexibility index (Phi) is 7.08. The highest BCUT2D eigenvalue weighted by atomic mass is 32.1. The maximum Gasteiger partial charge on any atom is 0.306 e. The van der Waals surface area contributed by atoms with Crippen molar-refractivity contribution in [2.75, 3.05) is 25.5 Å². The number of anilines is 1. The second-order valence-corrected chi connectivity index (χ2v) is 8.98. The molecule has 4 rings (SSSR count). The average Bonchev–Trinajstić information content (AvgIpc) is 3.31. The molecule has 1 aromatic heterocycles. The van der Waals surface area contributed by atoms with E-state index in [0.717, 1.165) is 16.9 Å². The number of carboxylic acid groups (broad SMARTS) is 1. The monoisotopic (exact) mass is 490 g/mol. The first-order valence-corrected chi connectivity index (χ1v) is 11.7. The summed E-state index contributed by atoms with van der Waals surface area (Å²) in [5.74, 6) is -1.30. The van der Waals surface area contributed by atoms with Crippen molar-refractivity contribution in [2.24, 2.45) is 5.92 Å². The summed E-state index contributed by atoms with van der Waals surface area (Å²) in [5.41, 5.74) is 1.81. The smallest absolute Gasteiger partial charge is 0.306 e. The minimum Gasteiger partial charge on any atom is -0.497 e. The average molecular weight is 491 g/mol. The molecule has 1 aliphatic rings. The van der Waals surface area contributed by atoms with Crippen molar-refractivity contribution >= 4 is 34.3 Å². The zero-order chi connectivity index (χ0) is 24.9. The summed E-state index contributed by atoms with van der Waals surface area (Å²) in [6, 6.07) is 15.6. The summed E-state index contributed by atoms with van der Waals surface area (Å²) >= 11 is 1.06. The summed E-state index contributed by atoms with van der Waals surface area (Å²) in [6.45, 7) is 0.715. The maximum absolute atomic E-state index is 12.9. The number of carbonyl (C=O) groups excluding carboxylic acids is 2. The van der Waals surface area contributed by atoms with Crippen molar-refractivity contribution in [2.45, 2.75) is 12.8 Å². The number of piperidine rings is 1. The van der Waals surface area contributed by atoms with Crippen LogP contribution in [-0.2, 0) is 4.79 Å². The molecule has 35 heavy (non-hydrogen) atoms. The molecular weight excluding hydrogens is 468 g/mol. The summed E-state index contributed by atoms with van der Waals surface area (Å²) < 4.78 is 5.16. The van der Waals surface area contributed by atoms with Crippen LogP contribution in [0.2, 0.25) is 0 Å². The van der Waals surface area contributed by atoms with Gasteiger partial charge in [0.15, 0.2) is 5.13 Å². The highest BCUT2D eigenvalue weighted by Crippen LogP contribution is 2.32. The normalized spacial score (nSPS) is 13.7. The number of nitrogens with one attached hydrogen (secondary N) is 1. The fourth-order valence-corrected chi connectivity index (χ4v) is 4.65. The summed E-state index contributed by atoms with van der Waals surface area (Å²) in [7, 11) is 1.57. The molecular formula is C25H22N4O5S. The molecule has 1 fully saturated rings. The van der Waals surface area contributed by atoms with Crippen molar-refractivity contribution in [3.8, 4) is 23.1 Å². The third kappa shape index (κ3) is 5.31. The van der Waals surface area contributed by atoms with E-state index in [-0.39, 0.29) is 16.6 Å². The van der Waals surface area contributed by atoms with Crippen molar-refractivity contribution in [1.82, 2.24) is 9.88 Å². The maximum atomic E-state index is 12.9. The van der Waals surface area contributed by atoms with Crippen molar-refractivity contribution < 1.29 is 24.2 Å². The number of nitriles is 1. The Morgan fingerprint density at radius 2 is 1.83 bits per heavy atom. The van der Waals surface area contributed by atoms with Crippen LogP contribution in [0.3, 0.4) is 0 Å². The number of carboxylic acids is 1. The molecule has 0 radical (unpaired) electrons. The van der Waals surface area contributed by atoms with E-state index in [1.54, 1.807) is 54.5 Å². The Morgan fingerprint density at radius 1 is 1.14 bits per heavy atom. The predicted octanol–water partition coefficient (Wildman–Crippen LogP) is 3.88. The zero-order valence-electron chi connectivity index (χ0n) is 18.9. The molecule has 0 atom stereocenters. The number of nitrogens with zero attached hydrogens (tertiary/aromatic N) is 3. The van der Waals surface area contributed by atoms with Gasteiger partial charge in [-0.05, 0) is 55.3 Å². The van der Waals surface area contributed by atoms with Gasteiger partial charge in [-0.15, -0.1) is 0 Å². The van der Waals surface area contributed by atoms with Gasteiger partial charge in [-0.3, -0.25) is 19.7 Å². The fraction of sp³-hybridized carbons (Fsp3) is 0.240. The number of thiazole rings is 1. The number of rotatable bonds is 6. The van der Waals surface area contributed by atoms with Gasteiger partial charge in [-0.25, -0.2) is 4.98 Å². The standard InChI is InChI=1S/C25H22N4O5S/c1-34-19-7-5-15(6-8-19)21-20(14-26)35-25(27-21)28-22(30)17-3-2-4-18(13-17)23(31)29-11-9-16(10-12-29)24(32)33/h2-8,13,16H,9-12H2,1H3,(H,32,33)(H,27,28,30). The second kappa shape index (κ2) is 10.4. The number of carbonyl (C=O) groups is 3. The van der Waals surface area contributed by atoms with Gasteiger partial charge in [0.2, 0.25) is 0 Å². The Labute approximate surface area is 205 Å². The van der Waals surface area contributed by atoms with Gasteiger partial charge < -0.3 is 14.7 Å².